The van der Waals surface area contributed by atoms with Gasteiger partial charge in [-0.25, -0.2) is 0 Å². The van der Waals surface area contributed by atoms with Gasteiger partial charge in [0.2, 0.25) is 0 Å². The van der Waals surface area contributed by atoms with Crippen LogP contribution >= 0.6 is 0 Å². The van der Waals surface area contributed by atoms with Gasteiger partial charge >= 0.3 is 22.4 Å². The van der Waals surface area contributed by atoms with E-state index in [4.69, 9.17) is 12.8 Å². The summed E-state index contributed by atoms with van der Waals surface area (Å²) in [7, 11) is 0. The molecule has 5 aromatic rings. The smallest absolute Gasteiger partial charge is 0.366 e. The van der Waals surface area contributed by atoms with E-state index in [1.54, 1.807) is 0 Å². The van der Waals surface area contributed by atoms with E-state index in [0.717, 1.165) is 22.0 Å². The second-order valence-corrected chi connectivity index (χ2v) is 6.26. The number of rotatable bonds is 0. The molecular weight excluding hydrogens is 559 g/mol. The van der Waals surface area contributed by atoms with Crippen LogP contribution in [0.1, 0.15) is 11.1 Å². The third-order valence-corrected chi connectivity index (χ3v) is 4.24. The van der Waals surface area contributed by atoms with Crippen LogP contribution in [0.3, 0.4) is 0 Å². The summed E-state index contributed by atoms with van der Waals surface area (Å²) in [6, 6.07) is 36.2. The van der Waals surface area contributed by atoms with Gasteiger partial charge in [-0.3, -0.25) is 11.8 Å². The standard InChI is InChI=1S/C13H8N.2C8H5.Au/c1-2-6-12-10(4-1)7-8-11-5-3-9-14-13(11)12;2*1-2-8-6-4-3-5-7-8;/h1-5,7-9H;2*3-7H;/q3*-1;+3. The van der Waals surface area contributed by atoms with Crippen molar-refractivity contribution in [2.75, 3.05) is 0 Å². The molecule has 5 rings (SSSR count). The number of aromatic nitrogens is 1. The van der Waals surface area contributed by atoms with Crippen molar-refractivity contribution in [1.29, 1.82) is 0 Å². The predicted octanol–water partition coefficient (Wildman–Crippen LogP) is 6.43. The number of fused-ring (bicyclic) bond motifs is 3. The zero-order valence-corrected chi connectivity index (χ0v) is 18.8. The fourth-order valence-electron chi connectivity index (χ4n) is 2.78. The van der Waals surface area contributed by atoms with Gasteiger partial charge in [-0.1, -0.05) is 54.6 Å². The minimum Gasteiger partial charge on any atom is -0.366 e. The van der Waals surface area contributed by atoms with Crippen LogP contribution in [0.15, 0.2) is 109 Å². The van der Waals surface area contributed by atoms with Gasteiger partial charge in [-0.05, 0) is 17.0 Å². The number of hydrogen-bond donors (Lipinski definition) is 0. The molecule has 0 aliphatic heterocycles. The van der Waals surface area contributed by atoms with Gasteiger partial charge in [-0.2, -0.15) is 0 Å². The van der Waals surface area contributed by atoms with Gasteiger partial charge in [0.15, 0.2) is 0 Å². The minimum absolute atomic E-state index is 0. The first-order valence-corrected chi connectivity index (χ1v) is 9.41. The Morgan fingerprint density at radius 1 is 0.613 bits per heavy atom. The summed E-state index contributed by atoms with van der Waals surface area (Å²) in [6.07, 6.45) is 15.2. The molecule has 0 fully saturated rings. The molecule has 1 heterocycles. The fourth-order valence-corrected chi connectivity index (χ4v) is 2.78. The molecule has 0 bridgehead atoms. The molecule has 0 saturated heterocycles. The predicted molar refractivity (Wildman–Crippen MR) is 123 cm³/mol. The fraction of sp³-hybridized carbons (Fsp3) is 0. The summed E-state index contributed by atoms with van der Waals surface area (Å²) < 4.78 is 0. The van der Waals surface area contributed by atoms with E-state index in [1.807, 2.05) is 85.1 Å². The van der Waals surface area contributed by atoms with E-state index in [0.29, 0.717) is 0 Å². The zero-order chi connectivity index (χ0) is 21.0. The molecule has 150 valence electrons. The first-order chi connectivity index (χ1) is 14.8. The first-order valence-electron chi connectivity index (χ1n) is 9.41. The van der Waals surface area contributed by atoms with Gasteiger partial charge < -0.3 is 17.8 Å². The second-order valence-electron chi connectivity index (χ2n) is 6.26. The molecule has 0 radical (unpaired) electrons. The van der Waals surface area contributed by atoms with Crippen molar-refractivity contribution < 1.29 is 22.4 Å². The Balaban J connectivity index is 0.000000175. The molecule has 0 N–H and O–H groups in total. The van der Waals surface area contributed by atoms with Gasteiger partial charge in [0.1, 0.15) is 0 Å². The van der Waals surface area contributed by atoms with Crippen LogP contribution in [0.2, 0.25) is 0 Å². The van der Waals surface area contributed by atoms with E-state index in [-0.39, 0.29) is 22.4 Å². The summed E-state index contributed by atoms with van der Waals surface area (Å²) in [5.74, 6) is 4.55. The Bertz CT molecular complexity index is 1190. The van der Waals surface area contributed by atoms with Crippen LogP contribution in [0, 0.1) is 30.8 Å². The molecule has 4 aromatic carbocycles. The Morgan fingerprint density at radius 3 is 1.71 bits per heavy atom. The quantitative estimate of drug-likeness (QED) is 0.0895. The molecule has 31 heavy (non-hydrogen) atoms. The van der Waals surface area contributed by atoms with Crippen LogP contribution < -0.4 is 0 Å². The van der Waals surface area contributed by atoms with Gasteiger partial charge in [0.05, 0.1) is 0 Å². The number of nitrogens with zero attached hydrogens (tertiary/aromatic N) is 1. The molecule has 1 aromatic heterocycles. The Hall–Kier alpha value is -3.59. The average molecular weight is 577 g/mol. The van der Waals surface area contributed by atoms with Crippen molar-refractivity contribution in [2.45, 2.75) is 0 Å². The van der Waals surface area contributed by atoms with Crippen LogP contribution in [0.25, 0.3) is 21.7 Å². The van der Waals surface area contributed by atoms with E-state index in [1.165, 1.54) is 10.8 Å². The average Bonchev–Trinajstić information content (AvgIpc) is 2.86. The Kier molecular flexibility index (Phi) is 9.83. The molecule has 0 amide bonds. The van der Waals surface area contributed by atoms with E-state index in [9.17, 15) is 0 Å². The summed E-state index contributed by atoms with van der Waals surface area (Å²) in [5.41, 5.74) is 2.69. The molecular formula is C29H18AuN. The Morgan fingerprint density at radius 2 is 1.16 bits per heavy atom. The molecule has 2 heteroatoms. The van der Waals surface area contributed by atoms with Crippen molar-refractivity contribution in [3.05, 3.63) is 139 Å². The van der Waals surface area contributed by atoms with Crippen molar-refractivity contribution in [3.8, 4) is 11.8 Å². The van der Waals surface area contributed by atoms with Crippen molar-refractivity contribution in [3.63, 3.8) is 0 Å². The summed E-state index contributed by atoms with van der Waals surface area (Å²) in [6.45, 7) is 0. The van der Waals surface area contributed by atoms with Crippen molar-refractivity contribution in [2.24, 2.45) is 0 Å². The molecule has 0 atom stereocenters. The molecule has 0 saturated carbocycles. The zero-order valence-electron chi connectivity index (χ0n) is 16.6. The third-order valence-electron chi connectivity index (χ3n) is 4.24. The van der Waals surface area contributed by atoms with E-state index >= 15 is 0 Å². The maximum absolute atomic E-state index is 6.69. The number of benzene rings is 4. The first kappa shape index (κ1) is 23.7. The topological polar surface area (TPSA) is 12.9 Å². The van der Waals surface area contributed by atoms with Crippen LogP contribution in [0.5, 0.6) is 0 Å². The summed E-state index contributed by atoms with van der Waals surface area (Å²) in [4.78, 5) is 4.38. The van der Waals surface area contributed by atoms with E-state index < -0.39 is 0 Å². The molecule has 0 aliphatic carbocycles. The largest absolute Gasteiger partial charge is 3.00 e. The van der Waals surface area contributed by atoms with Crippen LogP contribution in [-0.4, -0.2) is 4.98 Å². The molecule has 0 unspecified atom stereocenters. The Labute approximate surface area is 199 Å². The third kappa shape index (κ3) is 7.00. The SMILES string of the molecule is [Au+3].[C-]#Cc1ccccc1.[C-]#Cc1ccccc1.[c-]1cccc2ccc3cccnc3c12. The van der Waals surface area contributed by atoms with Gasteiger partial charge in [0.25, 0.3) is 0 Å². The van der Waals surface area contributed by atoms with Gasteiger partial charge in [0, 0.05) is 6.20 Å². The van der Waals surface area contributed by atoms with Crippen LogP contribution in [0.4, 0.5) is 0 Å². The van der Waals surface area contributed by atoms with Gasteiger partial charge in [-0.15, -0.1) is 70.4 Å². The molecule has 0 aliphatic rings. The van der Waals surface area contributed by atoms with Crippen molar-refractivity contribution in [1.82, 2.24) is 4.98 Å². The molecule has 0 spiro atoms. The maximum Gasteiger partial charge on any atom is 3.00 e. The normalized spacial score (nSPS) is 8.97. The summed E-state index contributed by atoms with van der Waals surface area (Å²) in [5, 5.41) is 3.46. The monoisotopic (exact) mass is 577 g/mol. The maximum atomic E-state index is 6.69. The minimum atomic E-state index is 0. The van der Waals surface area contributed by atoms with Crippen molar-refractivity contribution >= 4 is 21.7 Å². The number of hydrogen-bond acceptors (Lipinski definition) is 1. The van der Waals surface area contributed by atoms with E-state index in [2.05, 4.69) is 47.2 Å². The van der Waals surface area contributed by atoms with Crippen LogP contribution in [-0.2, 0) is 22.4 Å². The number of pyridine rings is 1. The second kappa shape index (κ2) is 12.9. The molecule has 1 nitrogen and oxygen atoms in total. The summed E-state index contributed by atoms with van der Waals surface area (Å²) >= 11 is 0.